The van der Waals surface area contributed by atoms with Gasteiger partial charge in [-0.3, -0.25) is 9.59 Å². The van der Waals surface area contributed by atoms with Gasteiger partial charge in [0.05, 0.1) is 17.5 Å². The molecule has 0 spiro atoms. The van der Waals surface area contributed by atoms with Crippen LogP contribution in [0.25, 0.3) is 10.9 Å². The Labute approximate surface area is 148 Å². The molecule has 3 aromatic rings. The summed E-state index contributed by atoms with van der Waals surface area (Å²) < 4.78 is 6.13. The van der Waals surface area contributed by atoms with E-state index in [0.717, 1.165) is 4.68 Å². The number of hydrogen-bond donors (Lipinski definition) is 1. The number of amides is 1. The monoisotopic (exact) mass is 358 g/mol. The zero-order chi connectivity index (χ0) is 18.0. The van der Waals surface area contributed by atoms with Crippen LogP contribution in [0, 0.1) is 0 Å². The molecule has 1 heterocycles. The fraction of sp³-hybridized carbons (Fsp3) is 0.176. The quantitative estimate of drug-likeness (QED) is 0.774. The first-order valence-corrected chi connectivity index (χ1v) is 7.87. The third-order valence-corrected chi connectivity index (χ3v) is 4.05. The third-order valence-electron chi connectivity index (χ3n) is 3.76. The van der Waals surface area contributed by atoms with Crippen LogP contribution in [0.4, 0.5) is 5.69 Å². The van der Waals surface area contributed by atoms with Crippen molar-refractivity contribution in [1.29, 1.82) is 0 Å². The van der Waals surface area contributed by atoms with Crippen LogP contribution in [0.3, 0.4) is 0 Å². The number of methoxy groups -OCH3 is 1. The van der Waals surface area contributed by atoms with E-state index in [0.29, 0.717) is 27.4 Å². The Bertz CT molecular complexity index is 1000. The van der Waals surface area contributed by atoms with E-state index >= 15 is 0 Å². The molecule has 1 atom stereocenters. The lowest BCUT2D eigenvalue weighted by atomic mass is 10.2. The molecule has 0 fully saturated rings. The molecule has 2 aromatic carbocycles. The maximum atomic E-state index is 12.5. The van der Waals surface area contributed by atoms with Crippen LogP contribution in [-0.2, 0) is 4.79 Å². The number of anilines is 1. The maximum absolute atomic E-state index is 12.5. The van der Waals surface area contributed by atoms with Crippen LogP contribution in [0.5, 0.6) is 5.75 Å². The van der Waals surface area contributed by atoms with Crippen molar-refractivity contribution in [3.05, 3.63) is 57.8 Å². The predicted molar refractivity (Wildman–Crippen MR) is 95.1 cm³/mol. The standard InChI is InChI=1S/C17H15ClN4O3/c1-10(16(23)19-11-7-8-15(25-2)13(18)9-11)22-17(24)12-5-3-4-6-14(12)20-21-22/h3-10H,1-2H3,(H,19,23). The number of nitrogens with one attached hydrogen (secondary N) is 1. The number of carbonyl (C=O) groups excluding carboxylic acids is 1. The van der Waals surface area contributed by atoms with Gasteiger partial charge in [-0.15, -0.1) is 5.10 Å². The van der Waals surface area contributed by atoms with Crippen molar-refractivity contribution in [2.45, 2.75) is 13.0 Å². The van der Waals surface area contributed by atoms with Crippen molar-refractivity contribution in [1.82, 2.24) is 15.0 Å². The predicted octanol–water partition coefficient (Wildman–Crippen LogP) is 2.65. The molecule has 0 aliphatic rings. The SMILES string of the molecule is COc1ccc(NC(=O)C(C)n2nnc3ccccc3c2=O)cc1Cl. The molecular weight excluding hydrogens is 344 g/mol. The van der Waals surface area contributed by atoms with Gasteiger partial charge in [0.25, 0.3) is 5.56 Å². The van der Waals surface area contributed by atoms with Crippen molar-refractivity contribution >= 4 is 34.1 Å². The molecule has 1 unspecified atom stereocenters. The van der Waals surface area contributed by atoms with E-state index in [4.69, 9.17) is 16.3 Å². The van der Waals surface area contributed by atoms with Crippen LogP contribution in [0.1, 0.15) is 13.0 Å². The molecule has 1 N–H and O–H groups in total. The Balaban J connectivity index is 1.87. The molecule has 8 heteroatoms. The minimum Gasteiger partial charge on any atom is -0.495 e. The van der Waals surface area contributed by atoms with Crippen molar-refractivity contribution < 1.29 is 9.53 Å². The molecule has 0 aliphatic carbocycles. The average Bonchev–Trinajstić information content (AvgIpc) is 2.62. The lowest BCUT2D eigenvalue weighted by molar-refractivity contribution is -0.119. The summed E-state index contributed by atoms with van der Waals surface area (Å²) in [5.74, 6) is 0.0947. The molecule has 0 bridgehead atoms. The highest BCUT2D eigenvalue weighted by molar-refractivity contribution is 6.32. The van der Waals surface area contributed by atoms with Gasteiger partial charge in [0.1, 0.15) is 17.3 Å². The van der Waals surface area contributed by atoms with Crippen LogP contribution in [0.15, 0.2) is 47.3 Å². The smallest absolute Gasteiger partial charge is 0.278 e. The van der Waals surface area contributed by atoms with Gasteiger partial charge in [-0.05, 0) is 37.3 Å². The number of hydrogen-bond acceptors (Lipinski definition) is 5. The summed E-state index contributed by atoms with van der Waals surface area (Å²) in [6.45, 7) is 1.57. The largest absolute Gasteiger partial charge is 0.495 e. The van der Waals surface area contributed by atoms with E-state index in [1.165, 1.54) is 7.11 Å². The third kappa shape index (κ3) is 3.32. The first kappa shape index (κ1) is 16.9. The lowest BCUT2D eigenvalue weighted by Gasteiger charge is -2.14. The van der Waals surface area contributed by atoms with Crippen molar-refractivity contribution in [3.8, 4) is 5.75 Å². The summed E-state index contributed by atoms with van der Waals surface area (Å²) in [5, 5.41) is 11.3. The fourth-order valence-electron chi connectivity index (χ4n) is 2.36. The van der Waals surface area contributed by atoms with E-state index in [1.54, 1.807) is 49.4 Å². The Morgan fingerprint density at radius 1 is 1.28 bits per heavy atom. The van der Waals surface area contributed by atoms with Crippen LogP contribution >= 0.6 is 11.6 Å². The number of nitrogens with zero attached hydrogens (tertiary/aromatic N) is 3. The highest BCUT2D eigenvalue weighted by Gasteiger charge is 2.19. The number of benzene rings is 2. The first-order valence-electron chi connectivity index (χ1n) is 7.50. The minimum absolute atomic E-state index is 0.371. The Morgan fingerprint density at radius 2 is 2.04 bits per heavy atom. The maximum Gasteiger partial charge on any atom is 0.278 e. The molecule has 25 heavy (non-hydrogen) atoms. The van der Waals surface area contributed by atoms with Gasteiger partial charge in [0.2, 0.25) is 5.91 Å². The molecule has 3 rings (SSSR count). The fourth-order valence-corrected chi connectivity index (χ4v) is 2.62. The van der Waals surface area contributed by atoms with E-state index < -0.39 is 11.9 Å². The van der Waals surface area contributed by atoms with Gasteiger partial charge in [-0.25, -0.2) is 0 Å². The summed E-state index contributed by atoms with van der Waals surface area (Å²) >= 11 is 6.05. The molecule has 0 aliphatic heterocycles. The topological polar surface area (TPSA) is 86.1 Å². The number of aromatic nitrogens is 3. The van der Waals surface area contributed by atoms with E-state index in [2.05, 4.69) is 15.6 Å². The summed E-state index contributed by atoms with van der Waals surface area (Å²) in [6.07, 6.45) is 0. The number of fused-ring (bicyclic) bond motifs is 1. The highest BCUT2D eigenvalue weighted by atomic mass is 35.5. The Hall–Kier alpha value is -2.93. The number of halogens is 1. The van der Waals surface area contributed by atoms with Gasteiger partial charge in [0.15, 0.2) is 0 Å². The molecule has 7 nitrogen and oxygen atoms in total. The van der Waals surface area contributed by atoms with Gasteiger partial charge in [-0.1, -0.05) is 28.9 Å². The lowest BCUT2D eigenvalue weighted by Crippen LogP contribution is -2.34. The van der Waals surface area contributed by atoms with Crippen LogP contribution in [-0.4, -0.2) is 28.0 Å². The zero-order valence-electron chi connectivity index (χ0n) is 13.6. The molecule has 0 saturated heterocycles. The molecule has 0 radical (unpaired) electrons. The van der Waals surface area contributed by atoms with E-state index in [9.17, 15) is 9.59 Å². The molecule has 1 aromatic heterocycles. The number of rotatable bonds is 4. The van der Waals surface area contributed by atoms with Crippen LogP contribution in [0.2, 0.25) is 5.02 Å². The Kier molecular flexibility index (Phi) is 4.67. The van der Waals surface area contributed by atoms with E-state index in [-0.39, 0.29) is 5.56 Å². The van der Waals surface area contributed by atoms with Crippen LogP contribution < -0.4 is 15.6 Å². The summed E-state index contributed by atoms with van der Waals surface area (Å²) in [4.78, 5) is 25.0. The van der Waals surface area contributed by atoms with Crippen molar-refractivity contribution in [2.75, 3.05) is 12.4 Å². The van der Waals surface area contributed by atoms with Gasteiger partial charge < -0.3 is 10.1 Å². The molecular formula is C17H15ClN4O3. The summed E-state index contributed by atoms with van der Waals surface area (Å²) in [6, 6.07) is 10.9. The number of carbonyl (C=O) groups is 1. The number of ether oxygens (including phenoxy) is 1. The molecule has 0 saturated carbocycles. The zero-order valence-corrected chi connectivity index (χ0v) is 14.3. The second kappa shape index (κ2) is 6.90. The molecule has 128 valence electrons. The molecule has 1 amide bonds. The second-order valence-corrected chi connectivity index (χ2v) is 5.78. The highest BCUT2D eigenvalue weighted by Crippen LogP contribution is 2.27. The van der Waals surface area contributed by atoms with Gasteiger partial charge >= 0.3 is 0 Å². The van der Waals surface area contributed by atoms with Gasteiger partial charge in [0, 0.05) is 5.69 Å². The van der Waals surface area contributed by atoms with E-state index in [1.807, 2.05) is 0 Å². The van der Waals surface area contributed by atoms with Crippen molar-refractivity contribution in [2.24, 2.45) is 0 Å². The summed E-state index contributed by atoms with van der Waals surface area (Å²) in [5.41, 5.74) is 0.601. The summed E-state index contributed by atoms with van der Waals surface area (Å²) in [7, 11) is 1.51. The minimum atomic E-state index is -0.842. The second-order valence-electron chi connectivity index (χ2n) is 5.37. The Morgan fingerprint density at radius 3 is 2.76 bits per heavy atom. The first-order chi connectivity index (χ1) is 12.0. The van der Waals surface area contributed by atoms with Crippen molar-refractivity contribution in [3.63, 3.8) is 0 Å². The average molecular weight is 359 g/mol. The van der Waals surface area contributed by atoms with Gasteiger partial charge in [-0.2, -0.15) is 4.68 Å². The normalized spacial score (nSPS) is 12.0.